The smallest absolute Gasteiger partial charge is 0.191 e. The molecule has 0 unspecified atom stereocenters. The monoisotopic (exact) mass is 318 g/mol. The maximum absolute atomic E-state index is 5.67. The minimum Gasteiger partial charge on any atom is -0.492 e. The van der Waals surface area contributed by atoms with Gasteiger partial charge in [-0.05, 0) is 26.0 Å². The largest absolute Gasteiger partial charge is 0.492 e. The molecule has 6 heteroatoms. The SMILES string of the molecule is CN=C(NCCOc1ccc(C)cc1)NCc1cnc(C)s1. The third-order valence-electron chi connectivity index (χ3n) is 3.01. The fraction of sp³-hybridized carbons (Fsp3) is 0.375. The van der Waals surface area contributed by atoms with E-state index in [9.17, 15) is 0 Å². The summed E-state index contributed by atoms with van der Waals surface area (Å²) in [6, 6.07) is 8.05. The van der Waals surface area contributed by atoms with Crippen molar-refractivity contribution in [2.45, 2.75) is 20.4 Å². The highest BCUT2D eigenvalue weighted by Gasteiger charge is 2.01. The van der Waals surface area contributed by atoms with E-state index in [4.69, 9.17) is 4.74 Å². The Labute approximate surface area is 135 Å². The number of guanidine groups is 1. The van der Waals surface area contributed by atoms with Crippen LogP contribution in [0.5, 0.6) is 5.75 Å². The molecule has 0 saturated heterocycles. The van der Waals surface area contributed by atoms with E-state index in [2.05, 4.69) is 27.5 Å². The summed E-state index contributed by atoms with van der Waals surface area (Å²) < 4.78 is 5.67. The van der Waals surface area contributed by atoms with Crippen molar-refractivity contribution in [1.29, 1.82) is 0 Å². The van der Waals surface area contributed by atoms with Gasteiger partial charge in [-0.2, -0.15) is 0 Å². The Kier molecular flexibility index (Phi) is 6.21. The van der Waals surface area contributed by atoms with Crippen LogP contribution in [0.25, 0.3) is 0 Å². The Balaban J connectivity index is 1.67. The molecule has 2 aromatic rings. The molecule has 0 saturated carbocycles. The van der Waals surface area contributed by atoms with Crippen molar-refractivity contribution < 1.29 is 4.74 Å². The summed E-state index contributed by atoms with van der Waals surface area (Å²) in [7, 11) is 1.76. The van der Waals surface area contributed by atoms with Gasteiger partial charge in [0.05, 0.1) is 18.1 Å². The van der Waals surface area contributed by atoms with Gasteiger partial charge in [0, 0.05) is 18.1 Å². The van der Waals surface area contributed by atoms with E-state index >= 15 is 0 Å². The molecule has 0 aliphatic heterocycles. The van der Waals surface area contributed by atoms with E-state index in [0.29, 0.717) is 13.2 Å². The van der Waals surface area contributed by atoms with Gasteiger partial charge >= 0.3 is 0 Å². The number of nitrogens with one attached hydrogen (secondary N) is 2. The lowest BCUT2D eigenvalue weighted by atomic mass is 10.2. The molecule has 0 amide bonds. The fourth-order valence-corrected chi connectivity index (χ4v) is 2.59. The first-order valence-corrected chi connectivity index (χ1v) is 8.04. The van der Waals surface area contributed by atoms with Crippen LogP contribution in [0.3, 0.4) is 0 Å². The van der Waals surface area contributed by atoms with Crippen molar-refractivity contribution in [2.75, 3.05) is 20.2 Å². The van der Waals surface area contributed by atoms with Crippen LogP contribution >= 0.6 is 11.3 Å². The van der Waals surface area contributed by atoms with Crippen LogP contribution in [0.15, 0.2) is 35.5 Å². The standard InChI is InChI=1S/C16H22N4OS/c1-12-4-6-14(7-5-12)21-9-8-18-16(17-3)20-11-15-10-19-13(2)22-15/h4-7,10H,8-9,11H2,1-3H3,(H2,17,18,20). The van der Waals surface area contributed by atoms with Gasteiger partial charge in [-0.25, -0.2) is 4.98 Å². The Hall–Kier alpha value is -2.08. The Bertz CT molecular complexity index is 607. The molecule has 0 bridgehead atoms. The normalized spacial score (nSPS) is 11.3. The van der Waals surface area contributed by atoms with Gasteiger partial charge in [0.1, 0.15) is 12.4 Å². The molecule has 0 spiro atoms. The molecule has 1 heterocycles. The van der Waals surface area contributed by atoms with Crippen molar-refractivity contribution in [1.82, 2.24) is 15.6 Å². The fourth-order valence-electron chi connectivity index (χ4n) is 1.85. The van der Waals surface area contributed by atoms with Crippen molar-refractivity contribution in [3.8, 4) is 5.75 Å². The van der Waals surface area contributed by atoms with Gasteiger partial charge in [-0.15, -0.1) is 11.3 Å². The zero-order valence-corrected chi connectivity index (χ0v) is 14.0. The average molecular weight is 318 g/mol. The predicted molar refractivity (Wildman–Crippen MR) is 91.7 cm³/mol. The molecule has 0 aliphatic carbocycles. The van der Waals surface area contributed by atoms with Crippen LogP contribution in [-0.2, 0) is 6.54 Å². The number of benzene rings is 1. The van der Waals surface area contributed by atoms with E-state index < -0.39 is 0 Å². The summed E-state index contributed by atoms with van der Waals surface area (Å²) in [6.07, 6.45) is 1.89. The molecule has 0 radical (unpaired) electrons. The van der Waals surface area contributed by atoms with Gasteiger partial charge in [-0.3, -0.25) is 4.99 Å². The lowest BCUT2D eigenvalue weighted by molar-refractivity contribution is 0.322. The Morgan fingerprint density at radius 1 is 1.23 bits per heavy atom. The van der Waals surface area contributed by atoms with E-state index in [1.165, 1.54) is 10.4 Å². The number of ether oxygens (including phenoxy) is 1. The van der Waals surface area contributed by atoms with Crippen LogP contribution in [0, 0.1) is 13.8 Å². The number of hydrogen-bond acceptors (Lipinski definition) is 4. The maximum Gasteiger partial charge on any atom is 0.191 e. The summed E-state index contributed by atoms with van der Waals surface area (Å²) in [5.74, 6) is 1.65. The second-order valence-electron chi connectivity index (χ2n) is 4.86. The average Bonchev–Trinajstić information content (AvgIpc) is 2.94. The van der Waals surface area contributed by atoms with Gasteiger partial charge < -0.3 is 15.4 Å². The highest BCUT2D eigenvalue weighted by molar-refractivity contribution is 7.11. The molecule has 118 valence electrons. The first-order valence-electron chi connectivity index (χ1n) is 7.22. The van der Waals surface area contributed by atoms with Crippen molar-refractivity contribution >= 4 is 17.3 Å². The van der Waals surface area contributed by atoms with Crippen molar-refractivity contribution in [3.63, 3.8) is 0 Å². The number of nitrogens with zero attached hydrogens (tertiary/aromatic N) is 2. The predicted octanol–water partition coefficient (Wildman–Crippen LogP) is 2.50. The zero-order valence-electron chi connectivity index (χ0n) is 13.2. The first-order chi connectivity index (χ1) is 10.7. The highest BCUT2D eigenvalue weighted by atomic mass is 32.1. The van der Waals surface area contributed by atoms with Crippen LogP contribution in [0.1, 0.15) is 15.4 Å². The second-order valence-corrected chi connectivity index (χ2v) is 6.18. The molecule has 2 rings (SSSR count). The summed E-state index contributed by atoms with van der Waals surface area (Å²) in [6.45, 7) is 6.07. The molecule has 1 aromatic carbocycles. The number of aryl methyl sites for hydroxylation is 2. The van der Waals surface area contributed by atoms with Crippen LogP contribution in [-0.4, -0.2) is 31.1 Å². The minimum absolute atomic E-state index is 0.587. The lowest BCUT2D eigenvalue weighted by Crippen LogP contribution is -2.38. The zero-order chi connectivity index (χ0) is 15.8. The molecule has 1 aromatic heterocycles. The summed E-state index contributed by atoms with van der Waals surface area (Å²) >= 11 is 1.69. The quantitative estimate of drug-likeness (QED) is 0.488. The van der Waals surface area contributed by atoms with Gasteiger partial charge in [0.25, 0.3) is 0 Å². The minimum atomic E-state index is 0.587. The molecule has 2 N–H and O–H groups in total. The van der Waals surface area contributed by atoms with Crippen molar-refractivity contribution in [2.24, 2.45) is 4.99 Å². The third-order valence-corrected chi connectivity index (χ3v) is 3.92. The van der Waals surface area contributed by atoms with Crippen LogP contribution in [0.2, 0.25) is 0 Å². The summed E-state index contributed by atoms with van der Waals surface area (Å²) in [5, 5.41) is 7.56. The van der Waals surface area contributed by atoms with E-state index in [-0.39, 0.29) is 0 Å². The molecule has 0 atom stereocenters. The van der Waals surface area contributed by atoms with Crippen molar-refractivity contribution in [3.05, 3.63) is 45.9 Å². The first kappa shape index (κ1) is 16.3. The van der Waals surface area contributed by atoms with E-state index in [0.717, 1.165) is 23.3 Å². The molecule has 0 aliphatic rings. The molecular formula is C16H22N4OS. The number of aliphatic imine (C=N–C) groups is 1. The maximum atomic E-state index is 5.67. The van der Waals surface area contributed by atoms with Gasteiger partial charge in [0.15, 0.2) is 5.96 Å². The molecule has 5 nitrogen and oxygen atoms in total. The highest BCUT2D eigenvalue weighted by Crippen LogP contribution is 2.11. The molecule has 22 heavy (non-hydrogen) atoms. The van der Waals surface area contributed by atoms with Crippen LogP contribution < -0.4 is 15.4 Å². The Morgan fingerprint density at radius 2 is 2.00 bits per heavy atom. The third kappa shape index (κ3) is 5.37. The van der Waals surface area contributed by atoms with Gasteiger partial charge in [0.2, 0.25) is 0 Å². The van der Waals surface area contributed by atoms with Crippen LogP contribution in [0.4, 0.5) is 0 Å². The summed E-state index contributed by atoms with van der Waals surface area (Å²) in [5.41, 5.74) is 1.23. The Morgan fingerprint density at radius 3 is 2.64 bits per heavy atom. The number of rotatable bonds is 6. The second kappa shape index (κ2) is 8.38. The number of aromatic nitrogens is 1. The lowest BCUT2D eigenvalue weighted by Gasteiger charge is -2.12. The topological polar surface area (TPSA) is 58.5 Å². The summed E-state index contributed by atoms with van der Waals surface area (Å²) in [4.78, 5) is 9.61. The van der Waals surface area contributed by atoms with Gasteiger partial charge in [-0.1, -0.05) is 17.7 Å². The molecular weight excluding hydrogens is 296 g/mol. The van der Waals surface area contributed by atoms with E-state index in [1.807, 2.05) is 37.4 Å². The number of thiazole rings is 1. The molecule has 0 fully saturated rings. The van der Waals surface area contributed by atoms with E-state index in [1.54, 1.807) is 18.4 Å². The number of hydrogen-bond donors (Lipinski definition) is 2.